The minimum Gasteiger partial charge on any atom is -0.483 e. The summed E-state index contributed by atoms with van der Waals surface area (Å²) in [6.07, 6.45) is -0.0372. The number of aryl methyl sites for hydroxylation is 2. The van der Waals surface area contributed by atoms with Crippen LogP contribution in [-0.2, 0) is 9.59 Å². The number of carbonyl (C=O) groups excluding carboxylic acids is 1. The van der Waals surface area contributed by atoms with Gasteiger partial charge in [0.1, 0.15) is 11.8 Å². The standard InChI is InChI=1S/C14H19NO5/c1-9-4-3-5-10(2)13(9)20-8-12(17)15-11(6-7-16)14(18)19/h3-5,11,16H,6-8H2,1-2H3,(H,15,17)(H,18,19)/t11-/m0/s1. The predicted octanol–water partition coefficient (Wildman–Crippen LogP) is 0.634. The summed E-state index contributed by atoms with van der Waals surface area (Å²) in [5.74, 6) is -1.09. The molecule has 0 bridgehead atoms. The van der Waals surface area contributed by atoms with Crippen molar-refractivity contribution in [2.45, 2.75) is 26.3 Å². The first-order chi connectivity index (χ1) is 9.45. The zero-order valence-corrected chi connectivity index (χ0v) is 11.5. The molecule has 0 aliphatic heterocycles. The van der Waals surface area contributed by atoms with Crippen LogP contribution < -0.4 is 10.1 Å². The summed E-state index contributed by atoms with van der Waals surface area (Å²) in [5, 5.41) is 19.9. The van der Waals surface area contributed by atoms with Crippen LogP contribution in [0.1, 0.15) is 17.5 Å². The van der Waals surface area contributed by atoms with E-state index in [1.807, 2.05) is 32.0 Å². The average Bonchev–Trinajstić information content (AvgIpc) is 2.37. The molecular weight excluding hydrogens is 262 g/mol. The van der Waals surface area contributed by atoms with E-state index >= 15 is 0 Å². The van der Waals surface area contributed by atoms with Gasteiger partial charge in [-0.15, -0.1) is 0 Å². The Balaban J connectivity index is 2.57. The van der Waals surface area contributed by atoms with Gasteiger partial charge in [-0.05, 0) is 25.0 Å². The molecule has 0 aliphatic carbocycles. The molecule has 0 radical (unpaired) electrons. The number of aliphatic hydroxyl groups is 1. The molecule has 0 heterocycles. The van der Waals surface area contributed by atoms with Gasteiger partial charge in [-0.3, -0.25) is 4.79 Å². The van der Waals surface area contributed by atoms with Crippen molar-refractivity contribution in [3.05, 3.63) is 29.3 Å². The van der Waals surface area contributed by atoms with Crippen LogP contribution in [0.3, 0.4) is 0 Å². The summed E-state index contributed by atoms with van der Waals surface area (Å²) < 4.78 is 5.42. The molecular formula is C14H19NO5. The maximum absolute atomic E-state index is 11.6. The van der Waals surface area contributed by atoms with Crippen LogP contribution in [0, 0.1) is 13.8 Å². The number of carboxylic acids is 1. The van der Waals surface area contributed by atoms with Crippen molar-refractivity contribution in [1.29, 1.82) is 0 Å². The molecule has 0 saturated carbocycles. The van der Waals surface area contributed by atoms with E-state index in [1.165, 1.54) is 0 Å². The summed E-state index contributed by atoms with van der Waals surface area (Å²) in [5.41, 5.74) is 1.81. The third-order valence-electron chi connectivity index (χ3n) is 2.81. The van der Waals surface area contributed by atoms with Gasteiger partial charge in [-0.25, -0.2) is 4.79 Å². The smallest absolute Gasteiger partial charge is 0.326 e. The molecule has 0 aromatic heterocycles. The fourth-order valence-electron chi connectivity index (χ4n) is 1.79. The Bertz CT molecular complexity index is 466. The Morgan fingerprint density at radius 1 is 1.30 bits per heavy atom. The number of rotatable bonds is 7. The lowest BCUT2D eigenvalue weighted by Crippen LogP contribution is -2.43. The molecule has 6 nitrogen and oxygen atoms in total. The van der Waals surface area contributed by atoms with Crippen LogP contribution in [-0.4, -0.2) is 41.3 Å². The van der Waals surface area contributed by atoms with Gasteiger partial charge >= 0.3 is 5.97 Å². The zero-order valence-electron chi connectivity index (χ0n) is 11.5. The number of aliphatic hydroxyl groups excluding tert-OH is 1. The monoisotopic (exact) mass is 281 g/mol. The molecule has 0 unspecified atom stereocenters. The molecule has 0 spiro atoms. The van der Waals surface area contributed by atoms with Crippen LogP contribution in [0.5, 0.6) is 5.75 Å². The van der Waals surface area contributed by atoms with Crippen molar-refractivity contribution in [2.75, 3.05) is 13.2 Å². The van der Waals surface area contributed by atoms with Crippen molar-refractivity contribution in [3.8, 4) is 5.75 Å². The molecule has 0 saturated heterocycles. The van der Waals surface area contributed by atoms with E-state index in [2.05, 4.69) is 5.32 Å². The number of carbonyl (C=O) groups is 2. The minimum atomic E-state index is -1.18. The predicted molar refractivity (Wildman–Crippen MR) is 72.7 cm³/mol. The van der Waals surface area contributed by atoms with E-state index in [9.17, 15) is 9.59 Å². The molecule has 6 heteroatoms. The van der Waals surface area contributed by atoms with E-state index < -0.39 is 17.9 Å². The van der Waals surface area contributed by atoms with E-state index in [1.54, 1.807) is 0 Å². The quantitative estimate of drug-likeness (QED) is 0.681. The van der Waals surface area contributed by atoms with Crippen molar-refractivity contribution in [3.63, 3.8) is 0 Å². The zero-order chi connectivity index (χ0) is 15.1. The first kappa shape index (κ1) is 16.0. The van der Waals surface area contributed by atoms with Crippen molar-refractivity contribution in [2.24, 2.45) is 0 Å². The number of hydrogen-bond donors (Lipinski definition) is 3. The Morgan fingerprint density at radius 2 is 1.90 bits per heavy atom. The number of nitrogens with one attached hydrogen (secondary N) is 1. The Hall–Kier alpha value is -2.08. The fourth-order valence-corrected chi connectivity index (χ4v) is 1.79. The highest BCUT2D eigenvalue weighted by molar-refractivity contribution is 5.84. The van der Waals surface area contributed by atoms with Crippen molar-refractivity contribution < 1.29 is 24.5 Å². The molecule has 1 rings (SSSR count). The molecule has 0 fully saturated rings. The highest BCUT2D eigenvalue weighted by Crippen LogP contribution is 2.21. The molecule has 0 aliphatic rings. The first-order valence-electron chi connectivity index (χ1n) is 6.27. The Morgan fingerprint density at radius 3 is 2.40 bits per heavy atom. The summed E-state index contributed by atoms with van der Waals surface area (Å²) in [6.45, 7) is 3.16. The second kappa shape index (κ2) is 7.49. The Labute approximate surface area is 117 Å². The van der Waals surface area contributed by atoms with E-state index in [0.29, 0.717) is 5.75 Å². The molecule has 1 aromatic rings. The van der Waals surface area contributed by atoms with Crippen LogP contribution >= 0.6 is 0 Å². The molecule has 1 aromatic carbocycles. The maximum atomic E-state index is 11.6. The summed E-state index contributed by atoms with van der Waals surface area (Å²) >= 11 is 0. The van der Waals surface area contributed by atoms with E-state index in [0.717, 1.165) is 11.1 Å². The number of para-hydroxylation sites is 1. The van der Waals surface area contributed by atoms with Gasteiger partial charge in [0, 0.05) is 13.0 Å². The topological polar surface area (TPSA) is 95.9 Å². The molecule has 3 N–H and O–H groups in total. The summed E-state index contributed by atoms with van der Waals surface area (Å²) in [4.78, 5) is 22.5. The van der Waals surface area contributed by atoms with Gasteiger partial charge in [0.25, 0.3) is 5.91 Å². The van der Waals surface area contributed by atoms with Gasteiger partial charge in [0.15, 0.2) is 6.61 Å². The number of ether oxygens (including phenoxy) is 1. The van der Waals surface area contributed by atoms with Gasteiger partial charge in [0.2, 0.25) is 0 Å². The van der Waals surface area contributed by atoms with Crippen molar-refractivity contribution in [1.82, 2.24) is 5.32 Å². The van der Waals surface area contributed by atoms with Crippen molar-refractivity contribution >= 4 is 11.9 Å². The number of amides is 1. The lowest BCUT2D eigenvalue weighted by molar-refractivity contribution is -0.142. The Kier molecular flexibility index (Phi) is 5.99. The van der Waals surface area contributed by atoms with Crippen LogP contribution in [0.4, 0.5) is 0 Å². The van der Waals surface area contributed by atoms with Crippen LogP contribution in [0.15, 0.2) is 18.2 Å². The lowest BCUT2D eigenvalue weighted by Gasteiger charge is -2.15. The highest BCUT2D eigenvalue weighted by atomic mass is 16.5. The van der Waals surface area contributed by atoms with E-state index in [4.69, 9.17) is 14.9 Å². The van der Waals surface area contributed by atoms with Gasteiger partial charge in [-0.2, -0.15) is 0 Å². The average molecular weight is 281 g/mol. The van der Waals surface area contributed by atoms with E-state index in [-0.39, 0.29) is 19.6 Å². The molecule has 1 atom stereocenters. The first-order valence-corrected chi connectivity index (χ1v) is 6.27. The number of hydrogen-bond acceptors (Lipinski definition) is 4. The molecule has 110 valence electrons. The largest absolute Gasteiger partial charge is 0.483 e. The second-order valence-electron chi connectivity index (χ2n) is 4.48. The molecule has 1 amide bonds. The third-order valence-corrected chi connectivity index (χ3v) is 2.81. The summed E-state index contributed by atoms with van der Waals surface area (Å²) in [7, 11) is 0. The maximum Gasteiger partial charge on any atom is 0.326 e. The SMILES string of the molecule is Cc1cccc(C)c1OCC(=O)N[C@@H](CCO)C(=O)O. The normalized spacial score (nSPS) is 11.8. The van der Waals surface area contributed by atoms with Crippen LogP contribution in [0.25, 0.3) is 0 Å². The number of carboxylic acid groups (broad SMARTS) is 1. The second-order valence-corrected chi connectivity index (χ2v) is 4.48. The minimum absolute atomic E-state index is 0.0372. The van der Waals surface area contributed by atoms with Gasteiger partial charge in [-0.1, -0.05) is 18.2 Å². The fraction of sp³-hybridized carbons (Fsp3) is 0.429. The van der Waals surface area contributed by atoms with Gasteiger partial charge < -0.3 is 20.3 Å². The lowest BCUT2D eigenvalue weighted by atomic mass is 10.1. The molecule has 20 heavy (non-hydrogen) atoms. The third kappa shape index (κ3) is 4.55. The number of benzene rings is 1. The number of aliphatic carboxylic acids is 1. The van der Waals surface area contributed by atoms with Gasteiger partial charge in [0.05, 0.1) is 0 Å². The summed E-state index contributed by atoms with van der Waals surface area (Å²) in [6, 6.07) is 4.52. The van der Waals surface area contributed by atoms with Crippen LogP contribution in [0.2, 0.25) is 0 Å². The highest BCUT2D eigenvalue weighted by Gasteiger charge is 2.19.